The predicted molar refractivity (Wildman–Crippen MR) is 112 cm³/mol. The third kappa shape index (κ3) is 3.75. The lowest BCUT2D eigenvalue weighted by Gasteiger charge is -2.26. The molecule has 30 heavy (non-hydrogen) atoms. The highest BCUT2D eigenvalue weighted by molar-refractivity contribution is 5.38. The van der Waals surface area contributed by atoms with E-state index in [4.69, 9.17) is 18.6 Å². The summed E-state index contributed by atoms with van der Waals surface area (Å²) in [6, 6.07) is 1.23. The van der Waals surface area contributed by atoms with Gasteiger partial charge in [0.1, 0.15) is 34.4 Å². The quantitative estimate of drug-likeness (QED) is 0.539. The van der Waals surface area contributed by atoms with Gasteiger partial charge in [-0.05, 0) is 71.8 Å². The van der Waals surface area contributed by atoms with Crippen molar-refractivity contribution < 1.29 is 28.8 Å². The smallest absolute Gasteiger partial charge is 0.339 e. The van der Waals surface area contributed by atoms with Crippen molar-refractivity contribution >= 4 is 0 Å². The summed E-state index contributed by atoms with van der Waals surface area (Å²) in [4.78, 5) is 11.8. The van der Waals surface area contributed by atoms with Crippen molar-refractivity contribution in [3.63, 3.8) is 0 Å². The molecule has 1 aromatic rings. The molecule has 3 rings (SSSR count). The maximum absolute atomic E-state index is 11.8. The number of aliphatic hydroxyl groups is 2. The molecule has 7 nitrogen and oxygen atoms in total. The van der Waals surface area contributed by atoms with E-state index in [-0.39, 0.29) is 23.6 Å². The van der Waals surface area contributed by atoms with Gasteiger partial charge in [-0.3, -0.25) is 0 Å². The third-order valence-electron chi connectivity index (χ3n) is 6.32. The number of hydrogen-bond acceptors (Lipinski definition) is 7. The summed E-state index contributed by atoms with van der Waals surface area (Å²) >= 11 is 0. The summed E-state index contributed by atoms with van der Waals surface area (Å²) in [5, 5.41) is 21.9. The lowest BCUT2D eigenvalue weighted by molar-refractivity contribution is -0.0724. The van der Waals surface area contributed by atoms with E-state index >= 15 is 0 Å². The minimum Gasteiger partial charge on any atom is -0.496 e. The molecule has 2 aliphatic heterocycles. The molecule has 1 aromatic heterocycles. The molecule has 7 heteroatoms. The molecule has 2 N–H and O–H groups in total. The van der Waals surface area contributed by atoms with Crippen LogP contribution in [0.5, 0.6) is 5.75 Å². The van der Waals surface area contributed by atoms with Crippen LogP contribution in [0.1, 0.15) is 52.9 Å². The average Bonchev–Trinajstić information content (AvgIpc) is 3.31. The van der Waals surface area contributed by atoms with Crippen LogP contribution in [0.25, 0.3) is 0 Å². The van der Waals surface area contributed by atoms with Crippen LogP contribution in [0.3, 0.4) is 0 Å². The van der Waals surface area contributed by atoms with E-state index in [2.05, 4.69) is 0 Å². The highest BCUT2D eigenvalue weighted by Gasteiger charge is 2.71. The molecule has 0 bridgehead atoms. The molecule has 2 saturated heterocycles. The van der Waals surface area contributed by atoms with E-state index in [9.17, 15) is 15.0 Å². The molecule has 6 atom stereocenters. The summed E-state index contributed by atoms with van der Waals surface area (Å²) in [6.45, 7) is 12.7. The van der Waals surface area contributed by atoms with Crippen molar-refractivity contribution in [3.8, 4) is 5.75 Å². The van der Waals surface area contributed by atoms with Gasteiger partial charge in [-0.1, -0.05) is 0 Å². The SMILES string of the molecule is COc1cc(=O)oc([C@@](C)(O)/C=C(\C)C(O)/C(C)=C/[C@]2(C)OC(C)[C@@]3(C)O[C@@H]23)c1C. The first-order valence-corrected chi connectivity index (χ1v) is 10.1. The Morgan fingerprint density at radius 2 is 1.93 bits per heavy atom. The average molecular weight is 421 g/mol. The number of aliphatic hydroxyl groups excluding tert-OH is 1. The van der Waals surface area contributed by atoms with Gasteiger partial charge in [-0.2, -0.15) is 0 Å². The van der Waals surface area contributed by atoms with Crippen molar-refractivity contribution in [2.75, 3.05) is 7.11 Å². The van der Waals surface area contributed by atoms with E-state index in [1.54, 1.807) is 13.8 Å². The fourth-order valence-corrected chi connectivity index (χ4v) is 4.59. The van der Waals surface area contributed by atoms with Gasteiger partial charge < -0.3 is 28.8 Å². The van der Waals surface area contributed by atoms with Crippen LogP contribution in [0.15, 0.2) is 38.6 Å². The largest absolute Gasteiger partial charge is 0.496 e. The summed E-state index contributed by atoms with van der Waals surface area (Å²) in [7, 11) is 1.44. The predicted octanol–water partition coefficient (Wildman–Crippen LogP) is 2.75. The lowest BCUT2D eigenvalue weighted by Crippen LogP contribution is -2.31. The Kier molecular flexibility index (Phi) is 5.56. The Balaban J connectivity index is 1.88. The van der Waals surface area contributed by atoms with Crippen molar-refractivity contribution in [1.29, 1.82) is 0 Å². The first-order chi connectivity index (χ1) is 13.7. The molecule has 0 radical (unpaired) electrons. The Hall–Kier alpha value is -1.93. The van der Waals surface area contributed by atoms with Gasteiger partial charge >= 0.3 is 5.63 Å². The molecule has 0 aliphatic carbocycles. The summed E-state index contributed by atoms with van der Waals surface area (Å²) in [6.07, 6.45) is 2.33. The van der Waals surface area contributed by atoms with Gasteiger partial charge in [0.05, 0.1) is 25.4 Å². The van der Waals surface area contributed by atoms with E-state index in [1.807, 2.05) is 33.8 Å². The maximum atomic E-state index is 11.8. The number of fused-ring (bicyclic) bond motifs is 1. The van der Waals surface area contributed by atoms with E-state index in [0.29, 0.717) is 22.5 Å². The number of methoxy groups -OCH3 is 1. The molecule has 0 spiro atoms. The maximum Gasteiger partial charge on any atom is 0.339 e. The Labute approximate surface area is 177 Å². The second-order valence-corrected chi connectivity index (χ2v) is 9.04. The van der Waals surface area contributed by atoms with Crippen molar-refractivity contribution in [3.05, 3.63) is 51.1 Å². The van der Waals surface area contributed by atoms with Crippen LogP contribution in [-0.4, -0.2) is 46.8 Å². The van der Waals surface area contributed by atoms with E-state index in [0.717, 1.165) is 0 Å². The molecular weight excluding hydrogens is 388 g/mol. The Morgan fingerprint density at radius 1 is 1.30 bits per heavy atom. The normalized spacial score (nSPS) is 34.3. The summed E-state index contributed by atoms with van der Waals surface area (Å²) in [5.74, 6) is 0.402. The topological polar surface area (TPSA) is 102 Å². The fourth-order valence-electron chi connectivity index (χ4n) is 4.59. The van der Waals surface area contributed by atoms with E-state index < -0.39 is 22.9 Å². The van der Waals surface area contributed by atoms with E-state index in [1.165, 1.54) is 26.2 Å². The van der Waals surface area contributed by atoms with Gasteiger partial charge in [0.2, 0.25) is 0 Å². The minimum atomic E-state index is -1.62. The number of rotatable bonds is 6. The molecule has 0 aromatic carbocycles. The highest BCUT2D eigenvalue weighted by atomic mass is 16.7. The van der Waals surface area contributed by atoms with Crippen LogP contribution >= 0.6 is 0 Å². The van der Waals surface area contributed by atoms with Crippen LogP contribution in [-0.2, 0) is 15.1 Å². The molecule has 2 unspecified atom stereocenters. The molecular formula is C23H32O7. The number of ether oxygens (including phenoxy) is 3. The first-order valence-electron chi connectivity index (χ1n) is 10.1. The monoisotopic (exact) mass is 420 g/mol. The number of hydrogen-bond donors (Lipinski definition) is 2. The van der Waals surface area contributed by atoms with Gasteiger partial charge in [-0.15, -0.1) is 0 Å². The zero-order valence-corrected chi connectivity index (χ0v) is 18.9. The molecule has 0 saturated carbocycles. The van der Waals surface area contributed by atoms with Crippen LogP contribution in [0.2, 0.25) is 0 Å². The summed E-state index contributed by atoms with van der Waals surface area (Å²) < 4.78 is 22.4. The first kappa shape index (κ1) is 22.7. The molecule has 2 fully saturated rings. The summed E-state index contributed by atoms with van der Waals surface area (Å²) in [5.41, 5.74) is -1.46. The van der Waals surface area contributed by atoms with Crippen molar-refractivity contribution in [2.24, 2.45) is 0 Å². The second-order valence-electron chi connectivity index (χ2n) is 9.04. The fraction of sp³-hybridized carbons (Fsp3) is 0.609. The van der Waals surface area contributed by atoms with Gasteiger partial charge in [-0.25, -0.2) is 4.79 Å². The van der Waals surface area contributed by atoms with Crippen LogP contribution < -0.4 is 10.4 Å². The van der Waals surface area contributed by atoms with Gasteiger partial charge in [0.25, 0.3) is 0 Å². The van der Waals surface area contributed by atoms with Gasteiger partial charge in [0.15, 0.2) is 0 Å². The lowest BCUT2D eigenvalue weighted by atomic mass is 9.89. The number of epoxide rings is 1. The van der Waals surface area contributed by atoms with Gasteiger partial charge in [0, 0.05) is 5.56 Å². The molecule has 2 aliphatic rings. The highest BCUT2D eigenvalue weighted by Crippen LogP contribution is 2.55. The second kappa shape index (κ2) is 7.34. The third-order valence-corrected chi connectivity index (χ3v) is 6.32. The molecule has 0 amide bonds. The molecule has 166 valence electrons. The van der Waals surface area contributed by atoms with Crippen LogP contribution in [0.4, 0.5) is 0 Å². The minimum absolute atomic E-state index is 0.0370. The Bertz CT molecular complexity index is 957. The zero-order chi connectivity index (χ0) is 22.6. The zero-order valence-electron chi connectivity index (χ0n) is 18.9. The Morgan fingerprint density at radius 3 is 2.43 bits per heavy atom. The van der Waals surface area contributed by atoms with Crippen molar-refractivity contribution in [2.45, 2.75) is 83.6 Å². The van der Waals surface area contributed by atoms with Crippen LogP contribution in [0, 0.1) is 6.92 Å². The molecule has 3 heterocycles. The van der Waals surface area contributed by atoms with Crippen molar-refractivity contribution in [1.82, 2.24) is 0 Å². The standard InChI is InChI=1S/C23H32O7/c1-12(10-21(5,26)19-14(3)16(27-8)9-17(24)28-19)18(25)13(2)11-22(6)20-23(7,30-20)15(4)29-22/h9-11,15,18,20,25-26H,1-8H3/b12-10+,13-11+/t15?,18?,20-,21-,22-,23+/m0/s1.